The van der Waals surface area contributed by atoms with Crippen molar-refractivity contribution in [2.45, 2.75) is 37.9 Å². The maximum atomic E-state index is 12.6. The standard InChI is InChI=1S/C19H24N2O2S2.C2HF3O2/c1-2-25(22,23)21-15-19(17-7-3-4-8-18(17)21)9-11-20(12-10-19)14-16-6-5-13-24-16;3-2(4,5)1(6)7/h3-8,13H,2,9-12,14-15H2,1H3;(H,6,7). The minimum absolute atomic E-state index is 0.0230. The van der Waals surface area contributed by atoms with Crippen LogP contribution < -0.4 is 4.31 Å². The lowest BCUT2D eigenvalue weighted by atomic mass is 9.74. The molecule has 6 nitrogen and oxygen atoms in total. The Bertz CT molecular complexity index is 1030. The maximum absolute atomic E-state index is 12.6. The second-order valence-corrected chi connectivity index (χ2v) is 11.1. The molecule has 0 unspecified atom stereocenters. The van der Waals surface area contributed by atoms with Gasteiger partial charge in [-0.1, -0.05) is 24.3 Å². The summed E-state index contributed by atoms with van der Waals surface area (Å²) in [6.07, 6.45) is -3.05. The predicted molar refractivity (Wildman–Crippen MR) is 117 cm³/mol. The zero-order chi connectivity index (χ0) is 23.6. The summed E-state index contributed by atoms with van der Waals surface area (Å²) in [5.74, 6) is -2.60. The summed E-state index contributed by atoms with van der Waals surface area (Å²) in [5, 5.41) is 9.25. The highest BCUT2D eigenvalue weighted by Crippen LogP contribution is 2.48. The fraction of sp³-hybridized carbons (Fsp3) is 0.476. The van der Waals surface area contributed by atoms with Crippen LogP contribution in [0, 0.1) is 0 Å². The molecule has 11 heteroatoms. The van der Waals surface area contributed by atoms with Crippen LogP contribution in [0.1, 0.15) is 30.2 Å². The molecule has 0 saturated carbocycles. The molecule has 2 aromatic rings. The van der Waals surface area contributed by atoms with E-state index in [1.54, 1.807) is 22.6 Å². The van der Waals surface area contributed by atoms with E-state index in [1.807, 2.05) is 18.2 Å². The third-order valence-corrected chi connectivity index (χ3v) is 8.49. The highest BCUT2D eigenvalue weighted by atomic mass is 32.2. The van der Waals surface area contributed by atoms with Crippen molar-refractivity contribution in [3.8, 4) is 0 Å². The SMILES string of the molecule is CCS(=O)(=O)N1CC2(CCN(Cc3cccs3)CC2)c2ccccc21.O=C(O)C(F)(F)F. The van der Waals surface area contributed by atoms with Crippen LogP contribution in [0.3, 0.4) is 0 Å². The van der Waals surface area contributed by atoms with E-state index in [0.29, 0.717) is 6.54 Å². The molecule has 0 bridgehead atoms. The van der Waals surface area contributed by atoms with Crippen LogP contribution in [0.4, 0.5) is 18.9 Å². The lowest BCUT2D eigenvalue weighted by molar-refractivity contribution is -0.192. The van der Waals surface area contributed by atoms with Crippen molar-refractivity contribution in [3.63, 3.8) is 0 Å². The highest BCUT2D eigenvalue weighted by Gasteiger charge is 2.47. The van der Waals surface area contributed by atoms with Crippen LogP contribution in [0.15, 0.2) is 41.8 Å². The number of benzene rings is 1. The number of hydrogen-bond donors (Lipinski definition) is 1. The topological polar surface area (TPSA) is 77.9 Å². The number of rotatable bonds is 4. The van der Waals surface area contributed by atoms with Gasteiger partial charge in [0.15, 0.2) is 0 Å². The Balaban J connectivity index is 0.000000360. The lowest BCUT2D eigenvalue weighted by Gasteiger charge is -2.39. The Morgan fingerprint density at radius 3 is 2.31 bits per heavy atom. The van der Waals surface area contributed by atoms with Crippen LogP contribution in [0.25, 0.3) is 0 Å². The minimum atomic E-state index is -5.08. The molecule has 1 aromatic carbocycles. The summed E-state index contributed by atoms with van der Waals surface area (Å²) in [6, 6.07) is 12.4. The third-order valence-electron chi connectivity index (χ3n) is 5.91. The van der Waals surface area contributed by atoms with Gasteiger partial charge in [0.05, 0.1) is 11.4 Å². The van der Waals surface area contributed by atoms with E-state index in [1.165, 1.54) is 10.4 Å². The van der Waals surface area contributed by atoms with Crippen LogP contribution in [0.5, 0.6) is 0 Å². The summed E-state index contributed by atoms with van der Waals surface area (Å²) < 4.78 is 58.6. The van der Waals surface area contributed by atoms with Crippen molar-refractivity contribution < 1.29 is 31.5 Å². The van der Waals surface area contributed by atoms with Crippen LogP contribution in [-0.4, -0.2) is 56.0 Å². The first kappa shape index (κ1) is 24.5. The Labute approximate surface area is 189 Å². The minimum Gasteiger partial charge on any atom is -0.475 e. The van der Waals surface area contributed by atoms with Crippen LogP contribution in [-0.2, 0) is 26.8 Å². The molecule has 0 aliphatic carbocycles. The zero-order valence-electron chi connectivity index (χ0n) is 17.5. The summed E-state index contributed by atoms with van der Waals surface area (Å²) in [4.78, 5) is 12.8. The molecule has 4 rings (SSSR count). The predicted octanol–water partition coefficient (Wildman–Crippen LogP) is 4.08. The van der Waals surface area contributed by atoms with E-state index in [0.717, 1.165) is 38.2 Å². The van der Waals surface area contributed by atoms with E-state index >= 15 is 0 Å². The van der Waals surface area contributed by atoms with Gasteiger partial charge in [0.2, 0.25) is 10.0 Å². The number of aliphatic carboxylic acids is 1. The molecule has 3 heterocycles. The van der Waals surface area contributed by atoms with Crippen molar-refractivity contribution in [2.24, 2.45) is 0 Å². The third kappa shape index (κ3) is 5.26. The number of thiophene rings is 1. The number of hydrogen-bond acceptors (Lipinski definition) is 5. The second kappa shape index (κ2) is 9.40. The average Bonchev–Trinajstić information content (AvgIpc) is 3.37. The van der Waals surface area contributed by atoms with Crippen molar-refractivity contribution in [2.75, 3.05) is 29.7 Å². The number of anilines is 1. The second-order valence-electron chi connectivity index (χ2n) is 7.86. The molecular weight excluding hydrogens is 465 g/mol. The first-order chi connectivity index (χ1) is 15.0. The number of fused-ring (bicyclic) bond motifs is 2. The molecular formula is C21H25F3N2O4S2. The number of nitrogens with zero attached hydrogens (tertiary/aromatic N) is 2. The fourth-order valence-electron chi connectivity index (χ4n) is 4.18. The molecule has 32 heavy (non-hydrogen) atoms. The molecule has 1 fully saturated rings. The summed E-state index contributed by atoms with van der Waals surface area (Å²) in [5.41, 5.74) is 2.10. The number of piperidine rings is 1. The van der Waals surface area contributed by atoms with E-state index in [4.69, 9.17) is 9.90 Å². The van der Waals surface area contributed by atoms with E-state index in [-0.39, 0.29) is 11.2 Å². The van der Waals surface area contributed by atoms with Gasteiger partial charge in [0.25, 0.3) is 0 Å². The quantitative estimate of drug-likeness (QED) is 0.699. The van der Waals surface area contributed by atoms with Gasteiger partial charge in [-0.2, -0.15) is 13.2 Å². The number of carbonyl (C=O) groups is 1. The van der Waals surface area contributed by atoms with Gasteiger partial charge in [-0.05, 0) is 55.9 Å². The fourth-order valence-corrected chi connectivity index (χ4v) is 6.14. The van der Waals surface area contributed by atoms with Crippen LogP contribution in [0.2, 0.25) is 0 Å². The van der Waals surface area contributed by atoms with Gasteiger partial charge in [-0.25, -0.2) is 13.2 Å². The van der Waals surface area contributed by atoms with Gasteiger partial charge in [-0.15, -0.1) is 11.3 Å². The largest absolute Gasteiger partial charge is 0.490 e. The van der Waals surface area contributed by atoms with Gasteiger partial charge in [0.1, 0.15) is 0 Å². The molecule has 1 spiro atoms. The molecule has 0 atom stereocenters. The molecule has 1 N–H and O–H groups in total. The number of carboxylic acids is 1. The van der Waals surface area contributed by atoms with E-state index < -0.39 is 22.2 Å². The molecule has 1 saturated heterocycles. The lowest BCUT2D eigenvalue weighted by Crippen LogP contribution is -2.45. The van der Waals surface area contributed by atoms with Gasteiger partial charge in [0, 0.05) is 23.4 Å². The molecule has 0 radical (unpaired) electrons. The Morgan fingerprint density at radius 1 is 1.16 bits per heavy atom. The molecule has 2 aliphatic rings. The van der Waals surface area contributed by atoms with Gasteiger partial charge < -0.3 is 5.11 Å². The Kier molecular flexibility index (Phi) is 7.21. The average molecular weight is 491 g/mol. The zero-order valence-corrected chi connectivity index (χ0v) is 19.1. The summed E-state index contributed by atoms with van der Waals surface area (Å²) in [6.45, 7) is 5.38. The molecule has 0 amide bonds. The van der Waals surface area contributed by atoms with Crippen molar-refractivity contribution >= 4 is 33.0 Å². The first-order valence-corrected chi connectivity index (χ1v) is 12.6. The van der Waals surface area contributed by atoms with E-state index in [2.05, 4.69) is 28.5 Å². The number of carboxylic acid groups (broad SMARTS) is 1. The van der Waals surface area contributed by atoms with Crippen molar-refractivity contribution in [3.05, 3.63) is 52.2 Å². The van der Waals surface area contributed by atoms with Crippen molar-refractivity contribution in [1.82, 2.24) is 4.90 Å². The summed E-state index contributed by atoms with van der Waals surface area (Å²) in [7, 11) is -3.22. The Hall–Kier alpha value is -2.11. The van der Waals surface area contributed by atoms with E-state index in [9.17, 15) is 21.6 Å². The number of para-hydroxylation sites is 1. The molecule has 176 valence electrons. The first-order valence-electron chi connectivity index (χ1n) is 10.1. The maximum Gasteiger partial charge on any atom is 0.490 e. The number of halogens is 3. The van der Waals surface area contributed by atoms with Gasteiger partial charge in [-0.3, -0.25) is 9.21 Å². The van der Waals surface area contributed by atoms with Crippen LogP contribution >= 0.6 is 11.3 Å². The Morgan fingerprint density at radius 2 is 1.78 bits per heavy atom. The number of likely N-dealkylation sites (tertiary alicyclic amines) is 1. The monoisotopic (exact) mass is 490 g/mol. The number of sulfonamides is 1. The smallest absolute Gasteiger partial charge is 0.475 e. The molecule has 1 aromatic heterocycles. The normalized spacial score (nSPS) is 18.2. The summed E-state index contributed by atoms with van der Waals surface area (Å²) >= 11 is 1.81. The van der Waals surface area contributed by atoms with Crippen molar-refractivity contribution in [1.29, 1.82) is 0 Å². The van der Waals surface area contributed by atoms with Gasteiger partial charge >= 0.3 is 12.1 Å². The molecule has 2 aliphatic heterocycles. The number of alkyl halides is 3. The highest BCUT2D eigenvalue weighted by molar-refractivity contribution is 7.92.